The maximum Gasteiger partial charge on any atom is 0.270 e. The predicted octanol–water partition coefficient (Wildman–Crippen LogP) is 2.85. The Morgan fingerprint density at radius 2 is 1.86 bits per heavy atom. The molecule has 1 saturated heterocycles. The van der Waals surface area contributed by atoms with Gasteiger partial charge in [0.2, 0.25) is 5.91 Å². The first-order valence-electron chi connectivity index (χ1n) is 11.1. The number of hydrogen-bond acceptors (Lipinski definition) is 5. The van der Waals surface area contributed by atoms with Gasteiger partial charge >= 0.3 is 0 Å². The molecular weight excluding hydrogens is 464 g/mol. The monoisotopic (exact) mass is 490 g/mol. The van der Waals surface area contributed by atoms with E-state index in [9.17, 15) is 14.4 Å². The summed E-state index contributed by atoms with van der Waals surface area (Å²) in [6.45, 7) is 4.79. The van der Waals surface area contributed by atoms with E-state index in [4.69, 9.17) is 17.0 Å². The summed E-state index contributed by atoms with van der Waals surface area (Å²) in [5.74, 6) is -1.23. The highest BCUT2D eigenvalue weighted by molar-refractivity contribution is 7.80. The van der Waals surface area contributed by atoms with E-state index in [2.05, 4.69) is 10.6 Å². The Kier molecular flexibility index (Phi) is 7.09. The molecule has 0 bridgehead atoms. The zero-order valence-corrected chi connectivity index (χ0v) is 20.6. The van der Waals surface area contributed by atoms with Crippen molar-refractivity contribution >= 4 is 57.7 Å². The quantitative estimate of drug-likeness (QED) is 0.230. The summed E-state index contributed by atoms with van der Waals surface area (Å²) in [6, 6.07) is 13.2. The SMILES string of the molecule is COCCNC(=O)Cn1cc(/C=C2\C(=O)NC(=S)N(c3cc(C)cc(C)c3)C2=O)c2ccccc21. The molecule has 35 heavy (non-hydrogen) atoms. The molecule has 2 heterocycles. The van der Waals surface area contributed by atoms with Crippen molar-refractivity contribution in [2.24, 2.45) is 0 Å². The van der Waals surface area contributed by atoms with E-state index < -0.39 is 11.8 Å². The number of thiocarbonyl (C=S) groups is 1. The lowest BCUT2D eigenvalue weighted by Crippen LogP contribution is -2.54. The van der Waals surface area contributed by atoms with Crippen LogP contribution in [0.3, 0.4) is 0 Å². The lowest BCUT2D eigenvalue weighted by Gasteiger charge is -2.29. The summed E-state index contributed by atoms with van der Waals surface area (Å²) in [5, 5.41) is 6.29. The molecule has 9 heteroatoms. The lowest BCUT2D eigenvalue weighted by atomic mass is 10.1. The average Bonchev–Trinajstić information content (AvgIpc) is 3.13. The van der Waals surface area contributed by atoms with E-state index in [-0.39, 0.29) is 23.1 Å². The third-order valence-corrected chi connectivity index (χ3v) is 5.91. The van der Waals surface area contributed by atoms with Crippen LogP contribution in [0.25, 0.3) is 17.0 Å². The molecular formula is C26H26N4O4S. The molecule has 1 aliphatic rings. The Morgan fingerprint density at radius 1 is 1.14 bits per heavy atom. The zero-order chi connectivity index (χ0) is 25.1. The molecule has 0 saturated carbocycles. The van der Waals surface area contributed by atoms with Crippen LogP contribution in [0.1, 0.15) is 16.7 Å². The second-order valence-electron chi connectivity index (χ2n) is 8.38. The van der Waals surface area contributed by atoms with E-state index >= 15 is 0 Å². The summed E-state index contributed by atoms with van der Waals surface area (Å²) in [6.07, 6.45) is 3.32. The number of rotatable bonds is 7. The third kappa shape index (κ3) is 5.16. The first-order valence-corrected chi connectivity index (χ1v) is 11.5. The number of aromatic nitrogens is 1. The second kappa shape index (κ2) is 10.2. The smallest absolute Gasteiger partial charge is 0.270 e. The van der Waals surface area contributed by atoms with Crippen LogP contribution < -0.4 is 15.5 Å². The van der Waals surface area contributed by atoms with E-state index in [1.807, 2.05) is 56.3 Å². The van der Waals surface area contributed by atoms with Crippen LogP contribution in [0.15, 0.2) is 54.2 Å². The number of ether oxygens (including phenoxy) is 1. The Labute approximate surface area is 208 Å². The fourth-order valence-corrected chi connectivity index (χ4v) is 4.43. The van der Waals surface area contributed by atoms with Crippen molar-refractivity contribution in [1.29, 1.82) is 0 Å². The molecule has 0 spiro atoms. The van der Waals surface area contributed by atoms with Crippen molar-refractivity contribution < 1.29 is 19.1 Å². The van der Waals surface area contributed by atoms with Crippen molar-refractivity contribution in [1.82, 2.24) is 15.2 Å². The largest absolute Gasteiger partial charge is 0.383 e. The molecule has 1 fully saturated rings. The topological polar surface area (TPSA) is 92.7 Å². The number of amides is 3. The highest BCUT2D eigenvalue weighted by Crippen LogP contribution is 2.27. The first kappa shape index (κ1) is 24.3. The van der Waals surface area contributed by atoms with Gasteiger partial charge in [0.25, 0.3) is 11.8 Å². The molecule has 1 aliphatic heterocycles. The molecule has 1 aromatic heterocycles. The van der Waals surface area contributed by atoms with Gasteiger partial charge < -0.3 is 14.6 Å². The number of aryl methyl sites for hydroxylation is 2. The highest BCUT2D eigenvalue weighted by Gasteiger charge is 2.35. The Balaban J connectivity index is 1.71. The second-order valence-corrected chi connectivity index (χ2v) is 8.76. The minimum atomic E-state index is -0.560. The summed E-state index contributed by atoms with van der Waals surface area (Å²) < 4.78 is 6.76. The van der Waals surface area contributed by atoms with E-state index in [0.29, 0.717) is 24.4 Å². The van der Waals surface area contributed by atoms with Crippen molar-refractivity contribution in [3.8, 4) is 0 Å². The molecule has 2 aromatic carbocycles. The number of anilines is 1. The number of carbonyl (C=O) groups excluding carboxylic acids is 3. The fourth-order valence-electron chi connectivity index (χ4n) is 4.15. The van der Waals surface area contributed by atoms with Gasteiger partial charge in [0.1, 0.15) is 12.1 Å². The van der Waals surface area contributed by atoms with Gasteiger partial charge in [0.05, 0.1) is 12.3 Å². The molecule has 180 valence electrons. The molecule has 0 aliphatic carbocycles. The van der Waals surface area contributed by atoms with Gasteiger partial charge in [-0.05, 0) is 61.5 Å². The van der Waals surface area contributed by atoms with Crippen molar-refractivity contribution in [2.75, 3.05) is 25.2 Å². The van der Waals surface area contributed by atoms with Crippen LogP contribution in [-0.4, -0.2) is 47.7 Å². The number of benzene rings is 2. The third-order valence-electron chi connectivity index (χ3n) is 5.63. The first-order chi connectivity index (χ1) is 16.8. The lowest BCUT2D eigenvalue weighted by molar-refractivity contribution is -0.123. The van der Waals surface area contributed by atoms with Crippen LogP contribution in [0, 0.1) is 13.8 Å². The minimum absolute atomic E-state index is 0.0368. The molecule has 4 rings (SSSR count). The van der Waals surface area contributed by atoms with E-state index in [1.165, 1.54) is 4.90 Å². The normalized spacial score (nSPS) is 15.1. The average molecular weight is 491 g/mol. The van der Waals surface area contributed by atoms with E-state index in [1.54, 1.807) is 23.9 Å². The fraction of sp³-hybridized carbons (Fsp3) is 0.231. The summed E-state index contributed by atoms with van der Waals surface area (Å²) in [5.41, 5.74) is 3.97. The van der Waals surface area contributed by atoms with Crippen LogP contribution in [-0.2, 0) is 25.7 Å². The molecule has 3 amide bonds. The van der Waals surface area contributed by atoms with Crippen molar-refractivity contribution in [2.45, 2.75) is 20.4 Å². The molecule has 0 radical (unpaired) electrons. The predicted molar refractivity (Wildman–Crippen MR) is 139 cm³/mol. The Morgan fingerprint density at radius 3 is 2.57 bits per heavy atom. The number of methoxy groups -OCH3 is 1. The number of fused-ring (bicyclic) bond motifs is 1. The number of nitrogens with zero attached hydrogens (tertiary/aromatic N) is 2. The van der Waals surface area contributed by atoms with Gasteiger partial charge in [-0.25, -0.2) is 0 Å². The molecule has 0 unspecified atom stereocenters. The van der Waals surface area contributed by atoms with Gasteiger partial charge in [-0.3, -0.25) is 24.6 Å². The van der Waals surface area contributed by atoms with Gasteiger partial charge in [0.15, 0.2) is 5.11 Å². The number of hydrogen-bond donors (Lipinski definition) is 2. The van der Waals surface area contributed by atoms with Crippen LogP contribution in [0.4, 0.5) is 5.69 Å². The molecule has 8 nitrogen and oxygen atoms in total. The van der Waals surface area contributed by atoms with Crippen molar-refractivity contribution in [3.63, 3.8) is 0 Å². The summed E-state index contributed by atoms with van der Waals surface area (Å²) in [4.78, 5) is 40.0. The number of carbonyl (C=O) groups is 3. The number of para-hydroxylation sites is 1. The van der Waals surface area contributed by atoms with Crippen LogP contribution in [0.5, 0.6) is 0 Å². The van der Waals surface area contributed by atoms with Gasteiger partial charge in [0, 0.05) is 36.3 Å². The van der Waals surface area contributed by atoms with Crippen molar-refractivity contribution in [3.05, 3.63) is 70.9 Å². The zero-order valence-electron chi connectivity index (χ0n) is 19.8. The summed E-state index contributed by atoms with van der Waals surface area (Å²) in [7, 11) is 1.57. The standard InChI is InChI=1S/C26H26N4O4S/c1-16-10-17(2)12-19(11-16)30-25(33)21(24(32)28-26(30)35)13-18-14-29(15-23(31)27-8-9-34-3)22-7-5-4-6-20(18)22/h4-7,10-14H,8-9,15H2,1-3H3,(H,27,31)(H,28,32,35)/b21-13+. The highest BCUT2D eigenvalue weighted by atomic mass is 32.1. The van der Waals surface area contributed by atoms with E-state index in [0.717, 1.165) is 22.0 Å². The van der Waals surface area contributed by atoms with Gasteiger partial charge in [-0.1, -0.05) is 24.3 Å². The van der Waals surface area contributed by atoms with Crippen LogP contribution >= 0.6 is 12.2 Å². The minimum Gasteiger partial charge on any atom is -0.383 e. The Hall–Kier alpha value is -3.82. The maximum atomic E-state index is 13.5. The number of nitrogens with one attached hydrogen (secondary N) is 2. The molecule has 2 N–H and O–H groups in total. The molecule has 0 atom stereocenters. The molecule has 3 aromatic rings. The van der Waals surface area contributed by atoms with Gasteiger partial charge in [-0.15, -0.1) is 0 Å². The summed E-state index contributed by atoms with van der Waals surface area (Å²) >= 11 is 5.33. The maximum absolute atomic E-state index is 13.5. The van der Waals surface area contributed by atoms with Crippen LogP contribution in [0.2, 0.25) is 0 Å². The van der Waals surface area contributed by atoms with Gasteiger partial charge in [-0.2, -0.15) is 0 Å². The Bertz CT molecular complexity index is 1350.